The number of nitrogens with zero attached hydrogens (tertiary/aromatic N) is 3. The van der Waals surface area contributed by atoms with Crippen molar-refractivity contribution in [2.75, 3.05) is 20.1 Å². The first-order valence-corrected chi connectivity index (χ1v) is 7.55. The summed E-state index contributed by atoms with van der Waals surface area (Å²) in [6, 6.07) is 7.44. The maximum Gasteiger partial charge on any atom is 0.224 e. The van der Waals surface area contributed by atoms with Crippen molar-refractivity contribution in [3.63, 3.8) is 0 Å². The number of likely N-dealkylation sites (tertiary alicyclic amines) is 1. The average Bonchev–Trinajstić information content (AvgIpc) is 3.02. The van der Waals surface area contributed by atoms with E-state index in [1.807, 2.05) is 24.3 Å². The van der Waals surface area contributed by atoms with Crippen molar-refractivity contribution < 1.29 is 9.32 Å². The lowest BCUT2D eigenvalue weighted by Gasteiger charge is -2.28. The Bertz CT molecular complexity index is 626. The standard InChI is InChI=1S/C16H20N4O2/c1-20-8-4-5-12(11-20)16(21)18-10-13-9-15(19-22-13)14-6-2-3-7-17-14/h2-3,6-7,9,12H,4-5,8,10-11H2,1H3,(H,18,21)/t12-/m1/s1. The summed E-state index contributed by atoms with van der Waals surface area (Å²) in [5.41, 5.74) is 1.44. The van der Waals surface area contributed by atoms with Gasteiger partial charge in [-0.2, -0.15) is 0 Å². The van der Waals surface area contributed by atoms with Crippen LogP contribution in [0.1, 0.15) is 18.6 Å². The minimum atomic E-state index is 0.0666. The summed E-state index contributed by atoms with van der Waals surface area (Å²) in [7, 11) is 2.05. The van der Waals surface area contributed by atoms with E-state index in [-0.39, 0.29) is 11.8 Å². The van der Waals surface area contributed by atoms with Gasteiger partial charge in [0.15, 0.2) is 5.76 Å². The molecule has 6 heteroatoms. The average molecular weight is 300 g/mol. The van der Waals surface area contributed by atoms with Crippen molar-refractivity contribution in [3.8, 4) is 11.4 Å². The maximum absolute atomic E-state index is 12.2. The van der Waals surface area contributed by atoms with Crippen molar-refractivity contribution in [3.05, 3.63) is 36.2 Å². The Labute approximate surface area is 129 Å². The Morgan fingerprint density at radius 1 is 1.45 bits per heavy atom. The quantitative estimate of drug-likeness (QED) is 0.930. The van der Waals surface area contributed by atoms with Crippen LogP contribution in [0.2, 0.25) is 0 Å². The van der Waals surface area contributed by atoms with Crippen LogP contribution in [0.5, 0.6) is 0 Å². The van der Waals surface area contributed by atoms with Gasteiger partial charge in [0.05, 0.1) is 18.2 Å². The van der Waals surface area contributed by atoms with Crippen LogP contribution >= 0.6 is 0 Å². The summed E-state index contributed by atoms with van der Waals surface area (Å²) in [5, 5.41) is 6.93. The van der Waals surface area contributed by atoms with Gasteiger partial charge in [-0.3, -0.25) is 9.78 Å². The molecule has 2 aromatic rings. The zero-order valence-corrected chi connectivity index (χ0v) is 12.7. The number of piperidine rings is 1. The second-order valence-corrected chi connectivity index (χ2v) is 5.71. The molecule has 1 aliphatic rings. The second kappa shape index (κ2) is 6.70. The van der Waals surface area contributed by atoms with Gasteiger partial charge in [-0.05, 0) is 38.6 Å². The van der Waals surface area contributed by atoms with Crippen molar-refractivity contribution in [2.45, 2.75) is 19.4 Å². The lowest BCUT2D eigenvalue weighted by atomic mass is 9.97. The van der Waals surface area contributed by atoms with Gasteiger partial charge in [0, 0.05) is 18.8 Å². The molecule has 1 N–H and O–H groups in total. The molecule has 116 valence electrons. The molecule has 3 heterocycles. The van der Waals surface area contributed by atoms with Gasteiger partial charge in [0.1, 0.15) is 5.69 Å². The largest absolute Gasteiger partial charge is 0.359 e. The fourth-order valence-corrected chi connectivity index (χ4v) is 2.73. The fourth-order valence-electron chi connectivity index (χ4n) is 2.73. The van der Waals surface area contributed by atoms with Gasteiger partial charge in [0.2, 0.25) is 5.91 Å². The maximum atomic E-state index is 12.2. The van der Waals surface area contributed by atoms with Gasteiger partial charge < -0.3 is 14.7 Å². The van der Waals surface area contributed by atoms with E-state index in [4.69, 9.17) is 4.52 Å². The number of rotatable bonds is 4. The summed E-state index contributed by atoms with van der Waals surface area (Å²) >= 11 is 0. The Balaban J connectivity index is 1.56. The third kappa shape index (κ3) is 3.51. The third-order valence-corrected chi connectivity index (χ3v) is 3.92. The van der Waals surface area contributed by atoms with Gasteiger partial charge in [-0.1, -0.05) is 11.2 Å². The number of pyridine rings is 1. The highest BCUT2D eigenvalue weighted by Gasteiger charge is 2.23. The minimum Gasteiger partial charge on any atom is -0.359 e. The predicted molar refractivity (Wildman–Crippen MR) is 81.8 cm³/mol. The first-order valence-electron chi connectivity index (χ1n) is 7.55. The zero-order valence-electron chi connectivity index (χ0n) is 12.7. The highest BCUT2D eigenvalue weighted by atomic mass is 16.5. The number of carbonyl (C=O) groups is 1. The van der Waals surface area contributed by atoms with Crippen LogP contribution in [-0.2, 0) is 11.3 Å². The molecule has 1 atom stereocenters. The second-order valence-electron chi connectivity index (χ2n) is 5.71. The smallest absolute Gasteiger partial charge is 0.224 e. The normalized spacial score (nSPS) is 19.0. The first-order chi connectivity index (χ1) is 10.7. The van der Waals surface area contributed by atoms with Gasteiger partial charge in [0.25, 0.3) is 0 Å². The molecule has 3 rings (SSSR count). The van der Waals surface area contributed by atoms with Crippen LogP contribution in [0, 0.1) is 5.92 Å². The zero-order chi connectivity index (χ0) is 15.4. The number of nitrogens with one attached hydrogen (secondary N) is 1. The molecule has 1 saturated heterocycles. The molecule has 22 heavy (non-hydrogen) atoms. The molecular weight excluding hydrogens is 280 g/mol. The number of aromatic nitrogens is 2. The van der Waals surface area contributed by atoms with Crippen molar-refractivity contribution in [1.29, 1.82) is 0 Å². The number of hydrogen-bond donors (Lipinski definition) is 1. The van der Waals surface area contributed by atoms with Crippen molar-refractivity contribution in [2.24, 2.45) is 5.92 Å². The molecule has 0 spiro atoms. The SMILES string of the molecule is CN1CCC[C@@H](C(=O)NCc2cc(-c3ccccn3)no2)C1. The molecule has 0 aliphatic carbocycles. The summed E-state index contributed by atoms with van der Waals surface area (Å²) in [6.07, 6.45) is 3.73. The van der Waals surface area contributed by atoms with E-state index in [1.54, 1.807) is 6.20 Å². The van der Waals surface area contributed by atoms with Crippen LogP contribution < -0.4 is 5.32 Å². The van der Waals surface area contributed by atoms with Crippen LogP contribution in [0.3, 0.4) is 0 Å². The van der Waals surface area contributed by atoms with Crippen LogP contribution in [0.25, 0.3) is 11.4 Å². The van der Waals surface area contributed by atoms with Crippen LogP contribution in [0.4, 0.5) is 0 Å². The first kappa shape index (κ1) is 14.7. The molecule has 0 unspecified atom stereocenters. The summed E-state index contributed by atoms with van der Waals surface area (Å²) in [5.74, 6) is 0.789. The predicted octanol–water partition coefficient (Wildman–Crippen LogP) is 1.69. The van der Waals surface area contributed by atoms with E-state index in [1.165, 1.54) is 0 Å². The Kier molecular flexibility index (Phi) is 4.48. The molecule has 0 radical (unpaired) electrons. The van der Waals surface area contributed by atoms with E-state index >= 15 is 0 Å². The lowest BCUT2D eigenvalue weighted by Crippen LogP contribution is -2.41. The van der Waals surface area contributed by atoms with Gasteiger partial charge in [-0.15, -0.1) is 0 Å². The molecule has 1 fully saturated rings. The highest BCUT2D eigenvalue weighted by Crippen LogP contribution is 2.17. The lowest BCUT2D eigenvalue weighted by molar-refractivity contribution is -0.126. The molecule has 1 amide bonds. The fraction of sp³-hybridized carbons (Fsp3) is 0.438. The molecule has 0 bridgehead atoms. The van der Waals surface area contributed by atoms with Crippen molar-refractivity contribution in [1.82, 2.24) is 20.4 Å². The van der Waals surface area contributed by atoms with E-state index in [9.17, 15) is 4.79 Å². The summed E-state index contributed by atoms with van der Waals surface area (Å²) in [4.78, 5) is 18.6. The number of amides is 1. The molecule has 2 aromatic heterocycles. The topological polar surface area (TPSA) is 71.3 Å². The van der Waals surface area contributed by atoms with Crippen LogP contribution in [-0.4, -0.2) is 41.1 Å². The number of hydrogen-bond acceptors (Lipinski definition) is 5. The number of carbonyl (C=O) groups excluding carboxylic acids is 1. The molecule has 6 nitrogen and oxygen atoms in total. The Morgan fingerprint density at radius 2 is 2.36 bits per heavy atom. The van der Waals surface area contributed by atoms with E-state index < -0.39 is 0 Å². The van der Waals surface area contributed by atoms with Gasteiger partial charge in [-0.25, -0.2) is 0 Å². The summed E-state index contributed by atoms with van der Waals surface area (Å²) in [6.45, 7) is 2.25. The molecular formula is C16H20N4O2. The highest BCUT2D eigenvalue weighted by molar-refractivity contribution is 5.78. The van der Waals surface area contributed by atoms with E-state index in [0.29, 0.717) is 18.0 Å². The van der Waals surface area contributed by atoms with E-state index in [2.05, 4.69) is 27.4 Å². The Morgan fingerprint density at radius 3 is 3.14 bits per heavy atom. The molecule has 1 aliphatic heterocycles. The third-order valence-electron chi connectivity index (χ3n) is 3.92. The summed E-state index contributed by atoms with van der Waals surface area (Å²) < 4.78 is 5.26. The molecule has 0 aromatic carbocycles. The van der Waals surface area contributed by atoms with E-state index in [0.717, 1.165) is 31.6 Å². The van der Waals surface area contributed by atoms with Crippen molar-refractivity contribution >= 4 is 5.91 Å². The Hall–Kier alpha value is -2.21. The molecule has 0 saturated carbocycles. The monoisotopic (exact) mass is 300 g/mol. The minimum absolute atomic E-state index is 0.0666. The van der Waals surface area contributed by atoms with Crippen LogP contribution in [0.15, 0.2) is 35.0 Å². The van der Waals surface area contributed by atoms with Gasteiger partial charge >= 0.3 is 0 Å².